The summed E-state index contributed by atoms with van der Waals surface area (Å²) in [5.41, 5.74) is 1.45. The Morgan fingerprint density at radius 3 is 2.60 bits per heavy atom. The van der Waals surface area contributed by atoms with Crippen molar-refractivity contribution in [1.29, 1.82) is 0 Å². The molecular formula is C18H24N4O3. The quantitative estimate of drug-likeness (QED) is 0.815. The molecule has 2 N–H and O–H groups in total. The first-order valence-electron chi connectivity index (χ1n) is 8.91. The molecule has 25 heavy (non-hydrogen) atoms. The number of aromatic nitrogens is 3. The smallest absolute Gasteiger partial charge is 0.358 e. The summed E-state index contributed by atoms with van der Waals surface area (Å²) in [6.07, 6.45) is 4.98. The van der Waals surface area contributed by atoms with Gasteiger partial charge >= 0.3 is 5.97 Å². The average Bonchev–Trinajstić information content (AvgIpc) is 2.97. The summed E-state index contributed by atoms with van der Waals surface area (Å²) in [6, 6.07) is 0.159. The zero-order chi connectivity index (χ0) is 17.9. The van der Waals surface area contributed by atoms with Crippen molar-refractivity contribution in [3.63, 3.8) is 0 Å². The number of carbonyl (C=O) groups is 2. The number of carbonyl (C=O) groups excluding carboxylic acids is 1. The molecule has 4 aliphatic rings. The molecule has 1 aromatic heterocycles. The molecule has 1 unspecified atom stereocenters. The third kappa shape index (κ3) is 2.48. The number of nitrogens with zero attached hydrogens (tertiary/aromatic N) is 3. The topological polar surface area (TPSA) is 97.1 Å². The lowest BCUT2D eigenvalue weighted by Crippen LogP contribution is -2.58. The Balaban J connectivity index is 1.31. The van der Waals surface area contributed by atoms with E-state index in [1.165, 1.54) is 18.2 Å². The third-order valence-electron chi connectivity index (χ3n) is 6.79. The Labute approximate surface area is 146 Å². The van der Waals surface area contributed by atoms with E-state index in [-0.39, 0.29) is 29.6 Å². The lowest BCUT2D eigenvalue weighted by Gasteiger charge is -2.60. The number of hydrogen-bond acceptors (Lipinski definition) is 4. The maximum Gasteiger partial charge on any atom is 0.358 e. The van der Waals surface area contributed by atoms with E-state index < -0.39 is 5.97 Å². The molecule has 7 heteroatoms. The summed E-state index contributed by atoms with van der Waals surface area (Å²) in [7, 11) is 0. The van der Waals surface area contributed by atoms with Gasteiger partial charge in [0.1, 0.15) is 0 Å². The minimum absolute atomic E-state index is 0.0402. The maximum atomic E-state index is 12.5. The van der Waals surface area contributed by atoms with Gasteiger partial charge in [-0.05, 0) is 42.9 Å². The number of fused-ring (bicyclic) bond motifs is 2. The minimum atomic E-state index is -1.09. The molecule has 2 bridgehead atoms. The summed E-state index contributed by atoms with van der Waals surface area (Å²) in [6.45, 7) is 8.86. The zero-order valence-corrected chi connectivity index (χ0v) is 14.6. The first-order chi connectivity index (χ1) is 11.8. The summed E-state index contributed by atoms with van der Waals surface area (Å²) in [5, 5.41) is 19.6. The van der Waals surface area contributed by atoms with Gasteiger partial charge in [0.25, 0.3) is 0 Å². The molecule has 0 aromatic carbocycles. The molecule has 0 saturated heterocycles. The minimum Gasteiger partial charge on any atom is -0.476 e. The van der Waals surface area contributed by atoms with Crippen LogP contribution in [0.4, 0.5) is 0 Å². The molecule has 1 amide bonds. The lowest BCUT2D eigenvalue weighted by molar-refractivity contribution is -0.131. The van der Waals surface area contributed by atoms with Crippen LogP contribution in [0, 0.1) is 23.2 Å². The molecule has 1 heterocycles. The van der Waals surface area contributed by atoms with Gasteiger partial charge in [0.2, 0.25) is 5.91 Å². The molecule has 0 aliphatic heterocycles. The first-order valence-corrected chi connectivity index (χ1v) is 8.91. The highest BCUT2D eigenvalue weighted by Crippen LogP contribution is 2.60. The fourth-order valence-electron chi connectivity index (χ4n) is 4.74. The summed E-state index contributed by atoms with van der Waals surface area (Å²) >= 11 is 0. The van der Waals surface area contributed by atoms with Crippen molar-refractivity contribution in [1.82, 2.24) is 20.3 Å². The summed E-state index contributed by atoms with van der Waals surface area (Å²) in [5.74, 6) is 0.154. The van der Waals surface area contributed by atoms with Gasteiger partial charge in [-0.1, -0.05) is 31.2 Å². The van der Waals surface area contributed by atoms with E-state index in [0.717, 1.165) is 6.42 Å². The van der Waals surface area contributed by atoms with E-state index in [0.29, 0.717) is 30.1 Å². The fraction of sp³-hybridized carbons (Fsp3) is 0.667. The summed E-state index contributed by atoms with van der Waals surface area (Å²) < 4.78 is 1.56. The second-order valence-electron chi connectivity index (χ2n) is 8.39. The van der Waals surface area contributed by atoms with Crippen molar-refractivity contribution in [2.45, 2.75) is 51.6 Å². The molecule has 134 valence electrons. The van der Waals surface area contributed by atoms with Crippen LogP contribution >= 0.6 is 0 Å². The van der Waals surface area contributed by atoms with Gasteiger partial charge in [-0.3, -0.25) is 4.79 Å². The highest BCUT2D eigenvalue weighted by atomic mass is 16.4. The van der Waals surface area contributed by atoms with E-state index in [9.17, 15) is 9.59 Å². The molecule has 4 aliphatic carbocycles. The number of amides is 1. The van der Waals surface area contributed by atoms with E-state index in [1.54, 1.807) is 4.68 Å². The van der Waals surface area contributed by atoms with Gasteiger partial charge in [-0.25, -0.2) is 9.48 Å². The third-order valence-corrected chi connectivity index (χ3v) is 6.79. The van der Waals surface area contributed by atoms with Crippen LogP contribution in [-0.4, -0.2) is 38.0 Å². The van der Waals surface area contributed by atoms with Crippen LogP contribution in [0.3, 0.4) is 0 Å². The van der Waals surface area contributed by atoms with E-state index >= 15 is 0 Å². The van der Waals surface area contributed by atoms with Gasteiger partial charge in [0, 0.05) is 5.92 Å². The van der Waals surface area contributed by atoms with E-state index in [2.05, 4.69) is 36.1 Å². The van der Waals surface area contributed by atoms with Gasteiger partial charge in [0.05, 0.1) is 18.3 Å². The van der Waals surface area contributed by atoms with Crippen molar-refractivity contribution in [3.05, 3.63) is 24.0 Å². The number of carboxylic acid groups (broad SMARTS) is 1. The Morgan fingerprint density at radius 1 is 1.32 bits per heavy atom. The van der Waals surface area contributed by atoms with Crippen molar-refractivity contribution in [2.24, 2.45) is 23.2 Å². The van der Waals surface area contributed by atoms with E-state index in [1.807, 2.05) is 0 Å². The SMILES string of the molecule is C=C1C(NC(=O)C2CC(n3cc(C(=O)O)nn3)C2)C[C@H]2C[C@@H]1C2(C)C. The normalized spacial score (nSPS) is 35.4. The first kappa shape index (κ1) is 16.3. The highest BCUT2D eigenvalue weighted by Gasteiger charge is 2.55. The number of aromatic carboxylic acids is 1. The molecule has 4 fully saturated rings. The number of hydrogen-bond donors (Lipinski definition) is 2. The predicted molar refractivity (Wildman–Crippen MR) is 89.8 cm³/mol. The molecule has 0 spiro atoms. The van der Waals surface area contributed by atoms with E-state index in [4.69, 9.17) is 5.11 Å². The Hall–Kier alpha value is -2.18. The Kier molecular flexibility index (Phi) is 3.53. The zero-order valence-electron chi connectivity index (χ0n) is 14.6. The second-order valence-corrected chi connectivity index (χ2v) is 8.39. The van der Waals surface area contributed by atoms with Crippen molar-refractivity contribution in [3.8, 4) is 0 Å². The van der Waals surface area contributed by atoms with Crippen LogP contribution in [-0.2, 0) is 4.79 Å². The average molecular weight is 344 g/mol. The van der Waals surface area contributed by atoms with Crippen molar-refractivity contribution in [2.75, 3.05) is 0 Å². The Morgan fingerprint density at radius 2 is 2.04 bits per heavy atom. The monoisotopic (exact) mass is 344 g/mol. The van der Waals surface area contributed by atoms with Crippen LogP contribution in [0.2, 0.25) is 0 Å². The van der Waals surface area contributed by atoms with Crippen molar-refractivity contribution >= 4 is 11.9 Å². The predicted octanol–water partition coefficient (Wildman–Crippen LogP) is 2.03. The van der Waals surface area contributed by atoms with Crippen LogP contribution in [0.25, 0.3) is 0 Å². The number of nitrogens with one attached hydrogen (secondary N) is 1. The van der Waals surface area contributed by atoms with Crippen LogP contribution < -0.4 is 5.32 Å². The second kappa shape index (κ2) is 5.41. The number of rotatable bonds is 4. The maximum absolute atomic E-state index is 12.5. The van der Waals surface area contributed by atoms with Crippen LogP contribution in [0.1, 0.15) is 56.1 Å². The van der Waals surface area contributed by atoms with Gasteiger partial charge in [-0.15, -0.1) is 5.10 Å². The Bertz CT molecular complexity index is 747. The fourth-order valence-corrected chi connectivity index (χ4v) is 4.74. The van der Waals surface area contributed by atoms with Crippen molar-refractivity contribution < 1.29 is 14.7 Å². The lowest BCUT2D eigenvalue weighted by atomic mass is 9.46. The van der Waals surface area contributed by atoms with Gasteiger partial charge in [-0.2, -0.15) is 0 Å². The standard InChI is InChI=1S/C18H24N4O3/c1-9-13-6-11(18(13,2)3)7-14(9)19-16(23)10-4-12(5-10)22-8-15(17(24)25)20-21-22/h8,10-14H,1,4-7H2,2-3H3,(H,19,23)(H,24,25)/t10?,11-,12?,13+,14?/m1/s1. The highest BCUT2D eigenvalue weighted by molar-refractivity contribution is 5.84. The molecule has 7 nitrogen and oxygen atoms in total. The molecule has 4 saturated carbocycles. The van der Waals surface area contributed by atoms with Gasteiger partial charge < -0.3 is 10.4 Å². The van der Waals surface area contributed by atoms with Crippen LogP contribution in [0.5, 0.6) is 0 Å². The largest absolute Gasteiger partial charge is 0.476 e. The molecular weight excluding hydrogens is 320 g/mol. The van der Waals surface area contributed by atoms with Gasteiger partial charge in [0.15, 0.2) is 5.69 Å². The number of carboxylic acids is 1. The van der Waals surface area contributed by atoms with Crippen LogP contribution in [0.15, 0.2) is 18.3 Å². The summed E-state index contributed by atoms with van der Waals surface area (Å²) in [4.78, 5) is 23.4. The molecule has 3 atom stereocenters. The molecule has 5 rings (SSSR count). The molecule has 0 radical (unpaired) electrons. The molecule has 1 aromatic rings.